The maximum absolute atomic E-state index is 12.3. The smallest absolute Gasteiger partial charge is 0.407 e. The first-order valence-corrected chi connectivity index (χ1v) is 11.7. The number of nitriles is 1. The van der Waals surface area contributed by atoms with Gasteiger partial charge in [-0.15, -0.1) is 0 Å². The first kappa shape index (κ1) is 24.0. The molecule has 1 fully saturated rings. The van der Waals surface area contributed by atoms with Crippen LogP contribution in [0.5, 0.6) is 0 Å². The lowest BCUT2D eigenvalue weighted by Gasteiger charge is -2.34. The molecule has 4 rings (SSSR count). The van der Waals surface area contributed by atoms with Crippen molar-refractivity contribution in [3.63, 3.8) is 0 Å². The largest absolute Gasteiger partial charge is 0.444 e. The second kappa shape index (κ2) is 10.4. The highest BCUT2D eigenvalue weighted by molar-refractivity contribution is 5.70. The van der Waals surface area contributed by atoms with E-state index in [1.807, 2.05) is 51.1 Å². The molecule has 182 valence electrons. The number of ether oxygens (including phenoxy) is 1. The number of pyridine rings is 1. The average Bonchev–Trinajstić information content (AvgIpc) is 3.35. The monoisotopic (exact) mass is 474 g/mol. The Hall–Kier alpha value is -4.13. The van der Waals surface area contributed by atoms with Crippen LogP contribution in [0.2, 0.25) is 0 Å². The third-order valence-electron chi connectivity index (χ3n) is 5.59. The minimum atomic E-state index is -0.552. The molecule has 0 aliphatic heterocycles. The van der Waals surface area contributed by atoms with Crippen molar-refractivity contribution in [2.75, 3.05) is 10.6 Å². The first-order valence-electron chi connectivity index (χ1n) is 11.7. The molecule has 1 aliphatic rings. The summed E-state index contributed by atoms with van der Waals surface area (Å²) in [6, 6.07) is 11.5. The number of benzene rings is 1. The number of nitrogens with one attached hydrogen (secondary N) is 3. The molecule has 35 heavy (non-hydrogen) atoms. The summed E-state index contributed by atoms with van der Waals surface area (Å²) < 4.78 is 5.44. The van der Waals surface area contributed by atoms with Crippen LogP contribution in [0.15, 0.2) is 48.9 Å². The lowest BCUT2D eigenvalue weighted by molar-refractivity contribution is 0.0488. The van der Waals surface area contributed by atoms with Gasteiger partial charge in [-0.2, -0.15) is 20.3 Å². The number of rotatable bonds is 6. The van der Waals surface area contributed by atoms with E-state index in [9.17, 15) is 10.1 Å². The van der Waals surface area contributed by atoms with Crippen LogP contribution in [0.25, 0.3) is 5.69 Å². The van der Waals surface area contributed by atoms with Crippen LogP contribution < -0.4 is 16.0 Å². The van der Waals surface area contributed by atoms with E-state index < -0.39 is 11.7 Å². The molecule has 0 radical (unpaired) electrons. The zero-order valence-corrected chi connectivity index (χ0v) is 20.2. The van der Waals surface area contributed by atoms with E-state index in [0.29, 0.717) is 5.69 Å². The quantitative estimate of drug-likeness (QED) is 0.475. The summed E-state index contributed by atoms with van der Waals surface area (Å²) in [7, 11) is 0. The molecule has 0 bridgehead atoms. The minimum Gasteiger partial charge on any atom is -0.444 e. The number of hydrogen-bond donors (Lipinski definition) is 3. The molecule has 0 unspecified atom stereocenters. The molecular formula is C25H30N8O2. The number of nitrogens with zero attached hydrogens (tertiary/aromatic N) is 5. The number of amides is 1. The van der Waals surface area contributed by atoms with Crippen LogP contribution in [-0.4, -0.2) is 43.8 Å². The van der Waals surface area contributed by atoms with Gasteiger partial charge in [-0.1, -0.05) is 18.9 Å². The predicted molar refractivity (Wildman–Crippen MR) is 133 cm³/mol. The van der Waals surface area contributed by atoms with E-state index in [1.54, 1.807) is 18.6 Å². The van der Waals surface area contributed by atoms with Gasteiger partial charge in [0.1, 0.15) is 11.7 Å². The van der Waals surface area contributed by atoms with Gasteiger partial charge in [0.15, 0.2) is 5.69 Å². The van der Waals surface area contributed by atoms with Gasteiger partial charge in [-0.3, -0.25) is 0 Å². The summed E-state index contributed by atoms with van der Waals surface area (Å²) in [5.41, 5.74) is 2.64. The number of carbonyl (C=O) groups excluding carboxylic acids is 1. The van der Waals surface area contributed by atoms with Gasteiger partial charge in [-0.05, 0) is 57.9 Å². The van der Waals surface area contributed by atoms with E-state index in [4.69, 9.17) is 4.74 Å². The number of carbonyl (C=O) groups is 1. The van der Waals surface area contributed by atoms with Gasteiger partial charge in [0.25, 0.3) is 0 Å². The Labute approximate surface area is 204 Å². The van der Waals surface area contributed by atoms with Crippen LogP contribution in [0.4, 0.5) is 21.9 Å². The van der Waals surface area contributed by atoms with E-state index >= 15 is 0 Å². The van der Waals surface area contributed by atoms with Gasteiger partial charge < -0.3 is 20.7 Å². The van der Waals surface area contributed by atoms with Crippen molar-refractivity contribution in [1.29, 1.82) is 5.26 Å². The SMILES string of the molecule is CC(C)(C)OC(=O)N[C@H]1CCCC[C@H]1Nc1cnc(C#N)c(Nc2cccc(-n3nccn3)c2)c1. The predicted octanol–water partition coefficient (Wildman–Crippen LogP) is 4.53. The molecular weight excluding hydrogens is 444 g/mol. The lowest BCUT2D eigenvalue weighted by atomic mass is 9.90. The van der Waals surface area contributed by atoms with Crippen molar-refractivity contribution in [1.82, 2.24) is 25.3 Å². The van der Waals surface area contributed by atoms with Crippen molar-refractivity contribution >= 4 is 23.2 Å². The maximum Gasteiger partial charge on any atom is 0.407 e. The highest BCUT2D eigenvalue weighted by atomic mass is 16.6. The van der Waals surface area contributed by atoms with Crippen LogP contribution in [0.1, 0.15) is 52.1 Å². The van der Waals surface area contributed by atoms with E-state index in [0.717, 1.165) is 42.7 Å². The molecule has 2 heterocycles. The highest BCUT2D eigenvalue weighted by Gasteiger charge is 2.28. The van der Waals surface area contributed by atoms with Gasteiger partial charge >= 0.3 is 6.09 Å². The molecule has 2 atom stereocenters. The Morgan fingerprint density at radius 2 is 1.86 bits per heavy atom. The zero-order chi connectivity index (χ0) is 24.8. The number of anilines is 3. The van der Waals surface area contributed by atoms with Crippen molar-refractivity contribution < 1.29 is 9.53 Å². The number of aromatic nitrogens is 4. The van der Waals surface area contributed by atoms with Crippen molar-refractivity contribution in [3.05, 3.63) is 54.6 Å². The highest BCUT2D eigenvalue weighted by Crippen LogP contribution is 2.27. The summed E-state index contributed by atoms with van der Waals surface area (Å²) in [4.78, 5) is 18.2. The Morgan fingerprint density at radius 1 is 1.11 bits per heavy atom. The lowest BCUT2D eigenvalue weighted by Crippen LogP contribution is -2.49. The second-order valence-corrected chi connectivity index (χ2v) is 9.51. The van der Waals surface area contributed by atoms with Gasteiger partial charge in [0.2, 0.25) is 0 Å². The average molecular weight is 475 g/mol. The molecule has 2 aromatic heterocycles. The van der Waals surface area contributed by atoms with Gasteiger partial charge in [-0.25, -0.2) is 9.78 Å². The Morgan fingerprint density at radius 3 is 2.57 bits per heavy atom. The summed E-state index contributed by atoms with van der Waals surface area (Å²) >= 11 is 0. The number of hydrogen-bond acceptors (Lipinski definition) is 8. The fourth-order valence-corrected chi connectivity index (χ4v) is 4.09. The molecule has 1 aliphatic carbocycles. The maximum atomic E-state index is 12.3. The summed E-state index contributed by atoms with van der Waals surface area (Å²) in [5, 5.41) is 27.7. The Balaban J connectivity index is 1.50. The van der Waals surface area contributed by atoms with Crippen LogP contribution in [-0.2, 0) is 4.74 Å². The van der Waals surface area contributed by atoms with Crippen molar-refractivity contribution in [3.8, 4) is 11.8 Å². The summed E-state index contributed by atoms with van der Waals surface area (Å²) in [6.45, 7) is 5.55. The third kappa shape index (κ3) is 6.47. The van der Waals surface area contributed by atoms with Crippen LogP contribution >= 0.6 is 0 Å². The topological polar surface area (TPSA) is 130 Å². The van der Waals surface area contributed by atoms with Crippen LogP contribution in [0, 0.1) is 11.3 Å². The normalized spacial score (nSPS) is 17.8. The zero-order valence-electron chi connectivity index (χ0n) is 20.2. The molecule has 1 aromatic carbocycles. The van der Waals surface area contributed by atoms with E-state index in [-0.39, 0.29) is 17.8 Å². The molecule has 3 N–H and O–H groups in total. The van der Waals surface area contributed by atoms with E-state index in [1.165, 1.54) is 4.80 Å². The fraction of sp³-hybridized carbons (Fsp3) is 0.400. The molecule has 1 saturated carbocycles. The molecule has 3 aromatic rings. The summed E-state index contributed by atoms with van der Waals surface area (Å²) in [5.74, 6) is 0. The van der Waals surface area contributed by atoms with Crippen LogP contribution in [0.3, 0.4) is 0 Å². The first-order chi connectivity index (χ1) is 16.8. The third-order valence-corrected chi connectivity index (χ3v) is 5.59. The van der Waals surface area contributed by atoms with Crippen molar-refractivity contribution in [2.45, 2.75) is 64.1 Å². The molecule has 10 heteroatoms. The molecule has 1 amide bonds. The summed E-state index contributed by atoms with van der Waals surface area (Å²) in [6.07, 6.45) is 8.33. The second-order valence-electron chi connectivity index (χ2n) is 9.51. The van der Waals surface area contributed by atoms with Crippen molar-refractivity contribution in [2.24, 2.45) is 0 Å². The van der Waals surface area contributed by atoms with Gasteiger partial charge in [0, 0.05) is 11.7 Å². The van der Waals surface area contributed by atoms with Gasteiger partial charge in [0.05, 0.1) is 41.7 Å². The fourth-order valence-electron chi connectivity index (χ4n) is 4.09. The Bertz CT molecular complexity index is 1200. The standard InChI is InChI=1S/C25H30N8O2/c1-25(2,3)35-24(34)32-21-10-5-4-9-20(21)31-18-14-22(23(15-26)27-16-18)30-17-7-6-8-19(13-17)33-28-11-12-29-33/h6-8,11-14,16,20-21,30-31H,4-5,9-10H2,1-3H3,(H,32,34)/t20-,21+/m1/s1. The Kier molecular flexibility index (Phi) is 7.15. The van der Waals surface area contributed by atoms with E-state index in [2.05, 4.69) is 37.2 Å². The number of alkyl carbamates (subject to hydrolysis) is 1. The molecule has 10 nitrogen and oxygen atoms in total. The minimum absolute atomic E-state index is 0.0214. The molecule has 0 saturated heterocycles. The molecule has 0 spiro atoms.